The van der Waals surface area contributed by atoms with Gasteiger partial charge in [0.05, 0.1) is 22.4 Å². The van der Waals surface area contributed by atoms with Crippen molar-refractivity contribution in [2.75, 3.05) is 11.5 Å². The highest BCUT2D eigenvalue weighted by Gasteiger charge is 2.36. The average Bonchev–Trinajstić information content (AvgIpc) is 3.17. The Morgan fingerprint density at radius 3 is 1.89 bits per heavy atom. The maximum Gasteiger partial charge on any atom is 0.338 e. The summed E-state index contributed by atoms with van der Waals surface area (Å²) in [6.07, 6.45) is 0. The topological polar surface area (TPSA) is 80.8 Å². The zero-order valence-corrected chi connectivity index (χ0v) is 18.5. The Kier molecular flexibility index (Phi) is 5.77. The zero-order chi connectivity index (χ0) is 24.4. The van der Waals surface area contributed by atoms with E-state index >= 15 is 0 Å². The first-order valence-corrected chi connectivity index (χ1v) is 11.0. The van der Waals surface area contributed by atoms with Crippen molar-refractivity contribution in [1.82, 2.24) is 0 Å². The molecular weight excluding hydrogens is 442 g/mol. The fourth-order valence-corrected chi connectivity index (χ4v) is 3.97. The first kappa shape index (κ1) is 22.0. The molecule has 0 radical (unpaired) electrons. The number of ketones is 1. The second kappa shape index (κ2) is 9.19. The maximum atomic E-state index is 12.7. The number of nitrogens with zero attached hydrogens (tertiary/aromatic N) is 1. The maximum absolute atomic E-state index is 12.7. The number of fused-ring (bicyclic) bond motifs is 1. The van der Waals surface area contributed by atoms with E-state index < -0.39 is 24.4 Å². The Hall–Kier alpha value is -4.84. The van der Waals surface area contributed by atoms with Crippen LogP contribution >= 0.6 is 0 Å². The van der Waals surface area contributed by atoms with Gasteiger partial charge < -0.3 is 4.74 Å². The van der Waals surface area contributed by atoms with Crippen molar-refractivity contribution in [2.24, 2.45) is 0 Å². The molecule has 0 N–H and O–H groups in total. The highest BCUT2D eigenvalue weighted by molar-refractivity contribution is 6.34. The van der Waals surface area contributed by atoms with E-state index in [1.54, 1.807) is 48.5 Å². The summed E-state index contributed by atoms with van der Waals surface area (Å²) in [5, 5.41) is 0. The molecule has 0 saturated carbocycles. The minimum absolute atomic E-state index is 0.131. The lowest BCUT2D eigenvalue weighted by Crippen LogP contribution is -2.29. The Balaban J connectivity index is 1.26. The van der Waals surface area contributed by atoms with Gasteiger partial charge in [-0.1, -0.05) is 72.8 Å². The average molecular weight is 461 g/mol. The van der Waals surface area contributed by atoms with Crippen LogP contribution in [-0.2, 0) is 4.74 Å². The molecule has 6 nitrogen and oxygen atoms in total. The Morgan fingerprint density at radius 2 is 1.23 bits per heavy atom. The molecule has 0 unspecified atom stereocenters. The molecule has 0 saturated heterocycles. The number of anilines is 1. The first-order valence-electron chi connectivity index (χ1n) is 11.0. The molecule has 4 aromatic rings. The van der Waals surface area contributed by atoms with E-state index in [9.17, 15) is 19.2 Å². The van der Waals surface area contributed by atoms with Gasteiger partial charge in [0.25, 0.3) is 11.8 Å². The van der Waals surface area contributed by atoms with Crippen LogP contribution in [0.3, 0.4) is 0 Å². The van der Waals surface area contributed by atoms with Gasteiger partial charge in [0.2, 0.25) is 0 Å². The van der Waals surface area contributed by atoms with Gasteiger partial charge in [-0.2, -0.15) is 0 Å². The summed E-state index contributed by atoms with van der Waals surface area (Å²) in [5.74, 6) is -1.97. The van der Waals surface area contributed by atoms with Gasteiger partial charge in [-0.25, -0.2) is 9.69 Å². The SMILES string of the molecule is O=C(COC(=O)c1cccc(N2C(=O)c3ccccc3C2=O)c1)c1ccc(-c2ccccc2)cc1. The smallest absolute Gasteiger partial charge is 0.338 e. The zero-order valence-electron chi connectivity index (χ0n) is 18.5. The number of imide groups is 1. The molecule has 5 rings (SSSR count). The monoisotopic (exact) mass is 461 g/mol. The van der Waals surface area contributed by atoms with Gasteiger partial charge in [-0.3, -0.25) is 14.4 Å². The summed E-state index contributed by atoms with van der Waals surface area (Å²) >= 11 is 0. The fourth-order valence-electron chi connectivity index (χ4n) is 3.97. The number of Topliss-reactive ketones (excluding diaryl/α,β-unsaturated/α-hetero) is 1. The predicted molar refractivity (Wildman–Crippen MR) is 131 cm³/mol. The Bertz CT molecular complexity index is 1420. The largest absolute Gasteiger partial charge is 0.454 e. The van der Waals surface area contributed by atoms with Crippen molar-refractivity contribution in [3.05, 3.63) is 125 Å². The summed E-state index contributed by atoms with van der Waals surface area (Å²) < 4.78 is 5.22. The van der Waals surface area contributed by atoms with E-state index in [-0.39, 0.29) is 17.0 Å². The Labute approximate surface area is 201 Å². The van der Waals surface area contributed by atoms with Gasteiger partial charge in [0, 0.05) is 5.56 Å². The van der Waals surface area contributed by atoms with E-state index in [4.69, 9.17) is 4.74 Å². The van der Waals surface area contributed by atoms with Crippen molar-refractivity contribution in [3.63, 3.8) is 0 Å². The quantitative estimate of drug-likeness (QED) is 0.224. The molecule has 0 spiro atoms. The van der Waals surface area contributed by atoms with Crippen LogP contribution in [0.2, 0.25) is 0 Å². The lowest BCUT2D eigenvalue weighted by atomic mass is 10.0. The molecule has 0 aliphatic carbocycles. The van der Waals surface area contributed by atoms with Gasteiger partial charge in [0.15, 0.2) is 12.4 Å². The molecule has 2 amide bonds. The highest BCUT2D eigenvalue weighted by Crippen LogP contribution is 2.29. The van der Waals surface area contributed by atoms with E-state index in [1.807, 2.05) is 42.5 Å². The molecule has 0 fully saturated rings. The van der Waals surface area contributed by atoms with Crippen LogP contribution in [0, 0.1) is 0 Å². The molecule has 1 aliphatic rings. The minimum atomic E-state index is -0.724. The summed E-state index contributed by atoms with van der Waals surface area (Å²) in [5.41, 5.74) is 3.46. The fraction of sp³-hybridized carbons (Fsp3) is 0.0345. The number of carbonyl (C=O) groups excluding carboxylic acids is 4. The third kappa shape index (κ3) is 4.25. The van der Waals surface area contributed by atoms with Gasteiger partial charge in [0.1, 0.15) is 0 Å². The highest BCUT2D eigenvalue weighted by atomic mass is 16.5. The van der Waals surface area contributed by atoms with Gasteiger partial charge in [-0.05, 0) is 41.5 Å². The second-order valence-electron chi connectivity index (χ2n) is 7.98. The van der Waals surface area contributed by atoms with Crippen molar-refractivity contribution in [2.45, 2.75) is 0 Å². The molecule has 0 atom stereocenters. The predicted octanol–water partition coefficient (Wildman–Crippen LogP) is 5.19. The summed E-state index contributed by atoms with van der Waals surface area (Å²) in [7, 11) is 0. The molecule has 35 heavy (non-hydrogen) atoms. The van der Waals surface area contributed by atoms with Crippen LogP contribution < -0.4 is 4.90 Å². The summed E-state index contributed by atoms with van der Waals surface area (Å²) in [4.78, 5) is 51.6. The van der Waals surface area contributed by atoms with Crippen molar-refractivity contribution in [3.8, 4) is 11.1 Å². The number of ether oxygens (including phenoxy) is 1. The number of hydrogen-bond acceptors (Lipinski definition) is 5. The molecular formula is C29H19NO5. The van der Waals surface area contributed by atoms with Gasteiger partial charge >= 0.3 is 5.97 Å². The number of hydrogen-bond donors (Lipinski definition) is 0. The van der Waals surface area contributed by atoms with E-state index in [0.717, 1.165) is 16.0 Å². The minimum Gasteiger partial charge on any atom is -0.454 e. The molecule has 170 valence electrons. The number of esters is 1. The second-order valence-corrected chi connectivity index (χ2v) is 7.98. The van der Waals surface area contributed by atoms with Crippen molar-refractivity contribution in [1.29, 1.82) is 0 Å². The van der Waals surface area contributed by atoms with Gasteiger partial charge in [-0.15, -0.1) is 0 Å². The molecule has 0 bridgehead atoms. The molecule has 6 heteroatoms. The number of amides is 2. The van der Waals surface area contributed by atoms with E-state index in [1.165, 1.54) is 12.1 Å². The molecule has 4 aromatic carbocycles. The molecule has 1 aliphatic heterocycles. The standard InChI is InChI=1S/C29H19NO5/c31-26(21-15-13-20(14-16-21)19-7-2-1-3-8-19)18-35-29(34)22-9-6-10-23(17-22)30-27(32)24-11-4-5-12-25(24)28(30)33/h1-17H,18H2. The number of benzene rings is 4. The van der Waals surface area contributed by atoms with Crippen LogP contribution in [0.5, 0.6) is 0 Å². The molecule has 1 heterocycles. The third-order valence-corrected chi connectivity index (χ3v) is 5.78. The lowest BCUT2D eigenvalue weighted by Gasteiger charge is -2.14. The number of rotatable bonds is 6. The summed E-state index contributed by atoms with van der Waals surface area (Å²) in [6.45, 7) is -0.430. The van der Waals surface area contributed by atoms with Crippen molar-refractivity contribution >= 4 is 29.3 Å². The summed E-state index contributed by atoms with van der Waals surface area (Å²) in [6, 6.07) is 29.4. The van der Waals surface area contributed by atoms with E-state index in [2.05, 4.69) is 0 Å². The van der Waals surface area contributed by atoms with Crippen molar-refractivity contribution < 1.29 is 23.9 Å². The number of carbonyl (C=O) groups is 4. The lowest BCUT2D eigenvalue weighted by molar-refractivity contribution is 0.0474. The molecule has 0 aromatic heterocycles. The van der Waals surface area contributed by atoms with Crippen LogP contribution in [0.4, 0.5) is 5.69 Å². The van der Waals surface area contributed by atoms with Crippen LogP contribution in [0.25, 0.3) is 11.1 Å². The van der Waals surface area contributed by atoms with Crippen LogP contribution in [0.15, 0.2) is 103 Å². The normalized spacial score (nSPS) is 12.4. The van der Waals surface area contributed by atoms with E-state index in [0.29, 0.717) is 16.7 Å². The van der Waals surface area contributed by atoms with Crippen LogP contribution in [0.1, 0.15) is 41.4 Å². The Morgan fingerprint density at radius 1 is 0.629 bits per heavy atom. The first-order chi connectivity index (χ1) is 17.0. The third-order valence-electron chi connectivity index (χ3n) is 5.78. The van der Waals surface area contributed by atoms with Crippen LogP contribution in [-0.4, -0.2) is 30.2 Å².